The van der Waals surface area contributed by atoms with Crippen molar-refractivity contribution in [1.82, 2.24) is 0 Å². The first kappa shape index (κ1) is 19.1. The van der Waals surface area contributed by atoms with Crippen LogP contribution in [0.15, 0.2) is 41.3 Å². The van der Waals surface area contributed by atoms with Gasteiger partial charge in [-0.1, -0.05) is 18.2 Å². The third-order valence-corrected chi connectivity index (χ3v) is 4.59. The van der Waals surface area contributed by atoms with E-state index < -0.39 is 35.1 Å². The van der Waals surface area contributed by atoms with Crippen molar-refractivity contribution in [3.8, 4) is 0 Å². The Kier molecular flexibility index (Phi) is 5.64. The van der Waals surface area contributed by atoms with Gasteiger partial charge >= 0.3 is 6.18 Å². The first-order valence-electron chi connectivity index (χ1n) is 7.26. The summed E-state index contributed by atoms with van der Waals surface area (Å²) in [4.78, 5) is 12.4. The van der Waals surface area contributed by atoms with E-state index in [-0.39, 0.29) is 10.5 Å². The van der Waals surface area contributed by atoms with Crippen LogP contribution in [0.2, 0.25) is 0 Å². The molecule has 2 aromatic carbocycles. The summed E-state index contributed by atoms with van der Waals surface area (Å²) in [5.74, 6) is -0.603. The Hall–Kier alpha value is -2.19. The number of hydrogen-bond acceptors (Lipinski definition) is 2. The summed E-state index contributed by atoms with van der Waals surface area (Å²) in [6.45, 7) is 3.23. The molecule has 134 valence electrons. The molecule has 1 unspecified atom stereocenters. The maximum absolute atomic E-state index is 13.0. The van der Waals surface area contributed by atoms with E-state index >= 15 is 0 Å². The molecule has 4 nitrogen and oxygen atoms in total. The van der Waals surface area contributed by atoms with E-state index in [1.807, 2.05) is 0 Å². The van der Waals surface area contributed by atoms with Crippen molar-refractivity contribution in [1.29, 1.82) is 0 Å². The topological polar surface area (TPSA) is 66.4 Å². The second-order valence-electron chi connectivity index (χ2n) is 5.57. The summed E-state index contributed by atoms with van der Waals surface area (Å²) in [7, 11) is 0. The highest BCUT2D eigenvalue weighted by Gasteiger charge is 2.33. The van der Waals surface area contributed by atoms with Crippen LogP contribution in [-0.4, -0.2) is 14.7 Å². The van der Waals surface area contributed by atoms with E-state index in [9.17, 15) is 26.7 Å². The third-order valence-electron chi connectivity index (χ3n) is 3.59. The van der Waals surface area contributed by atoms with Crippen LogP contribution in [0.1, 0.15) is 22.3 Å². The Morgan fingerprint density at radius 1 is 1.16 bits per heavy atom. The van der Waals surface area contributed by atoms with Crippen molar-refractivity contribution in [2.75, 3.05) is 5.32 Å². The zero-order chi connectivity index (χ0) is 18.8. The van der Waals surface area contributed by atoms with Crippen LogP contribution < -0.4 is 5.32 Å². The van der Waals surface area contributed by atoms with Crippen LogP contribution >= 0.6 is 0 Å². The molecule has 2 N–H and O–H groups in total. The molecule has 0 saturated carbocycles. The highest BCUT2D eigenvalue weighted by molar-refractivity contribution is 7.79. The van der Waals surface area contributed by atoms with Gasteiger partial charge in [-0.05, 0) is 48.7 Å². The molecule has 1 atom stereocenters. The van der Waals surface area contributed by atoms with Gasteiger partial charge in [-0.2, -0.15) is 13.2 Å². The Balaban J connectivity index is 2.21. The van der Waals surface area contributed by atoms with Crippen molar-refractivity contribution >= 4 is 22.7 Å². The summed E-state index contributed by atoms with van der Waals surface area (Å²) in [5, 5.41) is 2.53. The highest BCUT2D eigenvalue weighted by Crippen LogP contribution is 2.32. The number of hydrogen-bond donors (Lipinski definition) is 2. The SMILES string of the molecule is Cc1cc(NC(=O)Cc2ccccc2C(F)(F)F)cc(C)c1S(=O)O. The lowest BCUT2D eigenvalue weighted by Crippen LogP contribution is -2.18. The zero-order valence-electron chi connectivity index (χ0n) is 13.5. The van der Waals surface area contributed by atoms with Crippen molar-refractivity contribution in [2.45, 2.75) is 31.3 Å². The van der Waals surface area contributed by atoms with Crippen LogP contribution in [-0.2, 0) is 28.5 Å². The Morgan fingerprint density at radius 2 is 1.72 bits per heavy atom. The number of anilines is 1. The van der Waals surface area contributed by atoms with Crippen LogP contribution in [0.3, 0.4) is 0 Å². The van der Waals surface area contributed by atoms with Crippen molar-refractivity contribution in [2.24, 2.45) is 0 Å². The number of benzene rings is 2. The second kappa shape index (κ2) is 7.37. The number of nitrogens with one attached hydrogen (secondary N) is 1. The number of amides is 1. The van der Waals surface area contributed by atoms with Crippen LogP contribution in [0.5, 0.6) is 0 Å². The fourth-order valence-corrected chi connectivity index (χ4v) is 3.30. The molecule has 2 aromatic rings. The van der Waals surface area contributed by atoms with Gasteiger partial charge in [0.2, 0.25) is 5.91 Å². The normalized spacial score (nSPS) is 12.7. The second-order valence-corrected chi connectivity index (χ2v) is 6.47. The standard InChI is InChI=1S/C17H16F3NO3S/c1-10-7-13(8-11(2)16(10)25(23)24)21-15(22)9-12-5-3-4-6-14(12)17(18,19)20/h3-8H,9H2,1-2H3,(H,21,22)(H,23,24). The molecule has 0 heterocycles. The Labute approximate surface area is 145 Å². The van der Waals surface area contributed by atoms with Crippen molar-refractivity contribution < 1.29 is 26.7 Å². The molecule has 8 heteroatoms. The summed E-state index contributed by atoms with van der Waals surface area (Å²) < 4.78 is 59.4. The lowest BCUT2D eigenvalue weighted by Gasteiger charge is -2.14. The molecule has 0 aliphatic rings. The first-order chi connectivity index (χ1) is 11.6. The van der Waals surface area contributed by atoms with Gasteiger partial charge in [-0.15, -0.1) is 0 Å². The van der Waals surface area contributed by atoms with Crippen LogP contribution in [0.25, 0.3) is 0 Å². The number of carbonyl (C=O) groups excluding carboxylic acids is 1. The fraction of sp³-hybridized carbons (Fsp3) is 0.235. The van der Waals surface area contributed by atoms with Gasteiger partial charge in [0.1, 0.15) is 0 Å². The zero-order valence-corrected chi connectivity index (χ0v) is 14.3. The monoisotopic (exact) mass is 371 g/mol. The minimum absolute atomic E-state index is 0.117. The predicted molar refractivity (Wildman–Crippen MR) is 88.7 cm³/mol. The summed E-state index contributed by atoms with van der Waals surface area (Å²) in [5.41, 5.74) is 0.412. The smallest absolute Gasteiger partial charge is 0.326 e. The molecule has 0 fully saturated rings. The molecule has 0 radical (unpaired) electrons. The summed E-state index contributed by atoms with van der Waals surface area (Å²) in [6.07, 6.45) is -4.96. The van der Waals surface area contributed by atoms with E-state index in [0.29, 0.717) is 16.8 Å². The third kappa shape index (κ3) is 4.67. The molecule has 0 bridgehead atoms. The maximum atomic E-state index is 13.0. The molecule has 0 aliphatic carbocycles. The quantitative estimate of drug-likeness (QED) is 0.796. The summed E-state index contributed by atoms with van der Waals surface area (Å²) >= 11 is -2.16. The molecule has 0 aromatic heterocycles. The van der Waals surface area contributed by atoms with Crippen molar-refractivity contribution in [3.05, 3.63) is 58.7 Å². The van der Waals surface area contributed by atoms with Crippen molar-refractivity contribution in [3.63, 3.8) is 0 Å². The van der Waals surface area contributed by atoms with Gasteiger partial charge in [0.05, 0.1) is 16.9 Å². The average Bonchev–Trinajstić information content (AvgIpc) is 2.45. The number of halogens is 3. The van der Waals surface area contributed by atoms with Crippen LogP contribution in [0, 0.1) is 13.8 Å². The average molecular weight is 371 g/mol. The van der Waals surface area contributed by atoms with Gasteiger partial charge in [0, 0.05) is 5.69 Å². The Morgan fingerprint density at radius 3 is 2.24 bits per heavy atom. The van der Waals surface area contributed by atoms with E-state index in [2.05, 4.69) is 5.32 Å². The van der Waals surface area contributed by atoms with E-state index in [1.54, 1.807) is 13.8 Å². The number of alkyl halides is 3. The first-order valence-corrected chi connectivity index (χ1v) is 8.37. The molecule has 0 saturated heterocycles. The van der Waals surface area contributed by atoms with Crippen LogP contribution in [0.4, 0.5) is 18.9 Å². The number of rotatable bonds is 4. The maximum Gasteiger partial charge on any atom is 0.416 e. The molecule has 1 amide bonds. The minimum atomic E-state index is -4.53. The number of carbonyl (C=O) groups is 1. The van der Waals surface area contributed by atoms with E-state index in [1.165, 1.54) is 30.3 Å². The molecular formula is C17H16F3NO3S. The lowest BCUT2D eigenvalue weighted by molar-refractivity contribution is -0.138. The molecule has 0 spiro atoms. The van der Waals surface area contributed by atoms with Gasteiger partial charge in [-0.3, -0.25) is 4.79 Å². The lowest BCUT2D eigenvalue weighted by atomic mass is 10.0. The molecule has 25 heavy (non-hydrogen) atoms. The molecule has 2 rings (SSSR count). The minimum Gasteiger partial charge on any atom is -0.326 e. The van der Waals surface area contributed by atoms with Gasteiger partial charge in [0.25, 0.3) is 0 Å². The fourth-order valence-electron chi connectivity index (χ4n) is 2.63. The highest BCUT2D eigenvalue weighted by atomic mass is 32.2. The van der Waals surface area contributed by atoms with Gasteiger partial charge in [0.15, 0.2) is 11.1 Å². The molecular weight excluding hydrogens is 355 g/mol. The van der Waals surface area contributed by atoms with Gasteiger partial charge < -0.3 is 9.87 Å². The van der Waals surface area contributed by atoms with E-state index in [0.717, 1.165) is 6.07 Å². The number of aryl methyl sites for hydroxylation is 2. The molecule has 0 aliphatic heterocycles. The largest absolute Gasteiger partial charge is 0.416 e. The van der Waals surface area contributed by atoms with Gasteiger partial charge in [-0.25, -0.2) is 4.21 Å². The Bertz CT molecular complexity index is 811. The van der Waals surface area contributed by atoms with E-state index in [4.69, 9.17) is 0 Å². The predicted octanol–water partition coefficient (Wildman–Crippen LogP) is 4.08. The summed E-state index contributed by atoms with van der Waals surface area (Å²) in [6, 6.07) is 7.91.